The fourth-order valence-electron chi connectivity index (χ4n) is 1.99. The maximum absolute atomic E-state index is 12.3. The number of aromatic nitrogens is 2. The molecule has 0 saturated heterocycles. The second-order valence-electron chi connectivity index (χ2n) is 4.89. The van der Waals surface area contributed by atoms with Crippen LogP contribution in [0.3, 0.4) is 0 Å². The maximum atomic E-state index is 12.3. The molecule has 0 aliphatic carbocycles. The van der Waals surface area contributed by atoms with Gasteiger partial charge in [0.1, 0.15) is 17.0 Å². The number of hydrogen-bond donors (Lipinski definition) is 2. The zero-order valence-corrected chi connectivity index (χ0v) is 13.0. The molecule has 0 spiro atoms. The Morgan fingerprint density at radius 2 is 1.48 bits per heavy atom. The fraction of sp³-hybridized carbons (Fsp3) is 0. The van der Waals surface area contributed by atoms with E-state index >= 15 is 0 Å². The molecule has 0 bridgehead atoms. The van der Waals surface area contributed by atoms with Gasteiger partial charge in [-0.05, 0) is 36.4 Å². The number of carbonyl (C=O) groups excluding carboxylic acids is 2. The van der Waals surface area contributed by atoms with Crippen molar-refractivity contribution < 1.29 is 14.3 Å². The van der Waals surface area contributed by atoms with Gasteiger partial charge < -0.3 is 4.74 Å². The van der Waals surface area contributed by atoms with Crippen LogP contribution in [0.2, 0.25) is 0 Å². The van der Waals surface area contributed by atoms with Crippen LogP contribution in [-0.2, 0) is 0 Å². The quantitative estimate of drug-likeness (QED) is 0.714. The Morgan fingerprint density at radius 1 is 0.760 bits per heavy atom. The summed E-state index contributed by atoms with van der Waals surface area (Å²) in [4.78, 5) is 32.2. The van der Waals surface area contributed by atoms with E-state index in [2.05, 4.69) is 20.8 Å². The number of nitrogens with one attached hydrogen (secondary N) is 2. The standard InChI is InChI=1S/C18H14N4O3/c23-16(21-22-17(24)15-10-4-5-11-19-15)14-9-6-12-20-18(14)25-13-7-2-1-3-8-13/h1-12H,(H,21,23)(H,22,24). The van der Waals surface area contributed by atoms with Gasteiger partial charge in [0.15, 0.2) is 0 Å². The summed E-state index contributed by atoms with van der Waals surface area (Å²) in [7, 11) is 0. The van der Waals surface area contributed by atoms with Crippen LogP contribution in [0.25, 0.3) is 0 Å². The van der Waals surface area contributed by atoms with Crippen molar-refractivity contribution in [1.82, 2.24) is 20.8 Å². The second-order valence-corrected chi connectivity index (χ2v) is 4.89. The first kappa shape index (κ1) is 16.1. The molecule has 2 heterocycles. The van der Waals surface area contributed by atoms with Crippen molar-refractivity contribution in [2.45, 2.75) is 0 Å². The Labute approximate surface area is 143 Å². The third-order valence-corrected chi connectivity index (χ3v) is 3.16. The van der Waals surface area contributed by atoms with Crippen molar-refractivity contribution >= 4 is 11.8 Å². The molecule has 0 unspecified atom stereocenters. The summed E-state index contributed by atoms with van der Waals surface area (Å²) in [5, 5.41) is 0. The molecular weight excluding hydrogens is 320 g/mol. The highest BCUT2D eigenvalue weighted by Gasteiger charge is 2.15. The second kappa shape index (κ2) is 7.69. The summed E-state index contributed by atoms with van der Waals surface area (Å²) < 4.78 is 5.63. The number of carbonyl (C=O) groups is 2. The molecule has 0 fully saturated rings. The molecule has 2 N–H and O–H groups in total. The van der Waals surface area contributed by atoms with Gasteiger partial charge in [-0.25, -0.2) is 4.98 Å². The van der Waals surface area contributed by atoms with Gasteiger partial charge in [-0.15, -0.1) is 0 Å². The van der Waals surface area contributed by atoms with Crippen molar-refractivity contribution in [3.8, 4) is 11.6 Å². The number of hydrazine groups is 1. The predicted molar refractivity (Wildman–Crippen MR) is 89.9 cm³/mol. The zero-order valence-electron chi connectivity index (χ0n) is 13.0. The van der Waals surface area contributed by atoms with Crippen LogP contribution in [0.5, 0.6) is 11.6 Å². The third kappa shape index (κ3) is 4.17. The molecule has 2 amide bonds. The summed E-state index contributed by atoms with van der Waals surface area (Å²) in [6, 6.07) is 17.0. The van der Waals surface area contributed by atoms with Crippen molar-refractivity contribution in [2.75, 3.05) is 0 Å². The molecule has 1 aromatic carbocycles. The molecule has 25 heavy (non-hydrogen) atoms. The lowest BCUT2D eigenvalue weighted by Gasteiger charge is -2.10. The van der Waals surface area contributed by atoms with Crippen molar-refractivity contribution in [3.05, 3.63) is 84.3 Å². The summed E-state index contributed by atoms with van der Waals surface area (Å²) >= 11 is 0. The number of para-hydroxylation sites is 1. The average molecular weight is 334 g/mol. The van der Waals surface area contributed by atoms with E-state index in [1.54, 1.807) is 36.4 Å². The molecule has 0 saturated carbocycles. The van der Waals surface area contributed by atoms with Crippen LogP contribution >= 0.6 is 0 Å². The molecule has 3 aromatic rings. The van der Waals surface area contributed by atoms with Gasteiger partial charge in [-0.1, -0.05) is 24.3 Å². The van der Waals surface area contributed by atoms with Crippen molar-refractivity contribution in [1.29, 1.82) is 0 Å². The highest BCUT2D eigenvalue weighted by Crippen LogP contribution is 2.22. The first-order chi connectivity index (χ1) is 12.2. The van der Waals surface area contributed by atoms with Crippen LogP contribution in [0, 0.1) is 0 Å². The molecule has 2 aromatic heterocycles. The predicted octanol–water partition coefficient (Wildman–Crippen LogP) is 2.34. The molecule has 0 aliphatic heterocycles. The van der Waals surface area contributed by atoms with E-state index < -0.39 is 11.8 Å². The normalized spacial score (nSPS) is 9.92. The SMILES string of the molecule is O=C(NNC(=O)c1cccnc1Oc1ccccc1)c1ccccn1. The molecule has 7 heteroatoms. The lowest BCUT2D eigenvalue weighted by atomic mass is 10.2. The minimum atomic E-state index is -0.552. The molecule has 7 nitrogen and oxygen atoms in total. The Hall–Kier alpha value is -3.74. The van der Waals surface area contributed by atoms with Crippen LogP contribution in [0.15, 0.2) is 73.1 Å². The summed E-state index contributed by atoms with van der Waals surface area (Å²) in [5.41, 5.74) is 5.01. The zero-order chi connectivity index (χ0) is 17.5. The molecule has 0 atom stereocenters. The number of nitrogens with zero attached hydrogens (tertiary/aromatic N) is 2. The summed E-state index contributed by atoms with van der Waals surface area (Å²) in [6.07, 6.45) is 3.01. The number of amides is 2. The Balaban J connectivity index is 1.69. The molecule has 0 radical (unpaired) electrons. The highest BCUT2D eigenvalue weighted by molar-refractivity contribution is 5.99. The lowest BCUT2D eigenvalue weighted by Crippen LogP contribution is -2.42. The fourth-order valence-corrected chi connectivity index (χ4v) is 1.99. The minimum absolute atomic E-state index is 0.137. The van der Waals surface area contributed by atoms with Gasteiger partial charge in [0.05, 0.1) is 0 Å². The lowest BCUT2D eigenvalue weighted by molar-refractivity contribution is 0.0842. The van der Waals surface area contributed by atoms with Crippen LogP contribution in [0.1, 0.15) is 20.8 Å². The van der Waals surface area contributed by atoms with Crippen LogP contribution < -0.4 is 15.6 Å². The summed E-state index contributed by atoms with van der Waals surface area (Å²) in [6.45, 7) is 0. The van der Waals surface area contributed by atoms with E-state index in [1.165, 1.54) is 18.5 Å². The van der Waals surface area contributed by atoms with E-state index in [9.17, 15) is 9.59 Å². The first-order valence-corrected chi connectivity index (χ1v) is 7.43. The van der Waals surface area contributed by atoms with Crippen LogP contribution in [-0.4, -0.2) is 21.8 Å². The first-order valence-electron chi connectivity index (χ1n) is 7.43. The van der Waals surface area contributed by atoms with E-state index in [0.717, 1.165) is 0 Å². The minimum Gasteiger partial charge on any atom is -0.438 e. The van der Waals surface area contributed by atoms with E-state index in [1.807, 2.05) is 18.2 Å². The Morgan fingerprint density at radius 3 is 2.24 bits per heavy atom. The number of hydrogen-bond acceptors (Lipinski definition) is 5. The van der Waals surface area contributed by atoms with Crippen molar-refractivity contribution in [3.63, 3.8) is 0 Å². The van der Waals surface area contributed by atoms with Gasteiger partial charge in [-0.2, -0.15) is 0 Å². The van der Waals surface area contributed by atoms with E-state index in [0.29, 0.717) is 5.75 Å². The van der Waals surface area contributed by atoms with Crippen LogP contribution in [0.4, 0.5) is 0 Å². The molecule has 0 aliphatic rings. The topological polar surface area (TPSA) is 93.2 Å². The summed E-state index contributed by atoms with van der Waals surface area (Å²) in [5.74, 6) is -0.391. The monoisotopic (exact) mass is 334 g/mol. The van der Waals surface area contributed by atoms with Gasteiger partial charge in [0.25, 0.3) is 11.8 Å². The number of rotatable bonds is 4. The van der Waals surface area contributed by atoms with E-state index in [4.69, 9.17) is 4.74 Å². The Bertz CT molecular complexity index is 870. The van der Waals surface area contributed by atoms with Gasteiger partial charge in [-0.3, -0.25) is 25.4 Å². The van der Waals surface area contributed by atoms with Gasteiger partial charge in [0, 0.05) is 12.4 Å². The van der Waals surface area contributed by atoms with Gasteiger partial charge >= 0.3 is 0 Å². The third-order valence-electron chi connectivity index (χ3n) is 3.16. The molecular formula is C18H14N4O3. The number of pyridine rings is 2. The smallest absolute Gasteiger partial charge is 0.288 e. The van der Waals surface area contributed by atoms with E-state index in [-0.39, 0.29) is 17.1 Å². The molecule has 124 valence electrons. The Kier molecular flexibility index (Phi) is 4.96. The van der Waals surface area contributed by atoms with Gasteiger partial charge in [0.2, 0.25) is 5.88 Å². The maximum Gasteiger partial charge on any atom is 0.288 e. The van der Waals surface area contributed by atoms with Crippen molar-refractivity contribution in [2.24, 2.45) is 0 Å². The number of ether oxygens (including phenoxy) is 1. The average Bonchev–Trinajstić information content (AvgIpc) is 2.68. The largest absolute Gasteiger partial charge is 0.438 e. The molecule has 3 rings (SSSR count). The highest BCUT2D eigenvalue weighted by atomic mass is 16.5. The number of benzene rings is 1.